The van der Waals surface area contributed by atoms with E-state index < -0.39 is 12.1 Å². The van der Waals surface area contributed by atoms with Gasteiger partial charge >= 0.3 is 12.0 Å². The van der Waals surface area contributed by atoms with Crippen LogP contribution in [0.15, 0.2) is 72.8 Å². The highest BCUT2D eigenvalue weighted by molar-refractivity contribution is 5.89. The van der Waals surface area contributed by atoms with Gasteiger partial charge in [-0.15, -0.1) is 0 Å². The van der Waals surface area contributed by atoms with Crippen molar-refractivity contribution in [3.05, 3.63) is 95.3 Å². The maximum absolute atomic E-state index is 13.1. The lowest BCUT2D eigenvalue weighted by molar-refractivity contribution is -0.149. The number of anilines is 1. The molecule has 2 amide bonds. The average Bonchev–Trinajstić information content (AvgIpc) is 2.93. The summed E-state index contributed by atoms with van der Waals surface area (Å²) in [4.78, 5) is 26.1. The number of carbonyl (C=O) groups is 2. The molecule has 0 radical (unpaired) electrons. The molecule has 0 spiro atoms. The van der Waals surface area contributed by atoms with Gasteiger partial charge in [0.05, 0.1) is 13.2 Å². The van der Waals surface area contributed by atoms with Crippen LogP contribution in [0.2, 0.25) is 0 Å². The molecule has 0 aliphatic rings. The summed E-state index contributed by atoms with van der Waals surface area (Å²) >= 11 is 0. The minimum absolute atomic E-state index is 0.237. The molecule has 0 saturated heterocycles. The van der Waals surface area contributed by atoms with Crippen LogP contribution in [0, 0.1) is 12.7 Å². The number of aliphatic carboxylic acids is 1. The second-order valence-electron chi connectivity index (χ2n) is 9.30. The van der Waals surface area contributed by atoms with Gasteiger partial charge in [0, 0.05) is 31.9 Å². The van der Waals surface area contributed by atoms with Crippen molar-refractivity contribution in [3.8, 4) is 5.75 Å². The van der Waals surface area contributed by atoms with Gasteiger partial charge in [-0.2, -0.15) is 0 Å². The Labute approximate surface area is 234 Å². The molecule has 0 aliphatic heterocycles. The van der Waals surface area contributed by atoms with E-state index in [1.807, 2.05) is 43.3 Å². The lowest BCUT2D eigenvalue weighted by Crippen LogP contribution is -2.39. The third kappa shape index (κ3) is 10.7. The molecule has 3 rings (SSSR count). The largest absolute Gasteiger partial charge is 0.492 e. The first kappa shape index (κ1) is 30.6. The molecule has 8 nitrogen and oxygen atoms in total. The number of benzene rings is 3. The van der Waals surface area contributed by atoms with E-state index in [0.717, 1.165) is 16.7 Å². The van der Waals surface area contributed by atoms with Gasteiger partial charge in [-0.1, -0.05) is 36.4 Å². The molecule has 0 aromatic heterocycles. The van der Waals surface area contributed by atoms with E-state index in [4.69, 9.17) is 14.2 Å². The number of amides is 2. The van der Waals surface area contributed by atoms with Gasteiger partial charge in [0.2, 0.25) is 0 Å². The van der Waals surface area contributed by atoms with Crippen molar-refractivity contribution in [2.75, 3.05) is 38.2 Å². The van der Waals surface area contributed by atoms with Crippen molar-refractivity contribution in [2.45, 2.75) is 39.4 Å². The van der Waals surface area contributed by atoms with Crippen LogP contribution in [0.25, 0.3) is 0 Å². The fraction of sp³-hybridized carbons (Fsp3) is 0.355. The fourth-order valence-corrected chi connectivity index (χ4v) is 4.00. The van der Waals surface area contributed by atoms with Crippen LogP contribution < -0.4 is 10.1 Å². The molecule has 3 aromatic rings. The Morgan fingerprint density at radius 1 is 0.975 bits per heavy atom. The maximum atomic E-state index is 13.1. The van der Waals surface area contributed by atoms with Crippen molar-refractivity contribution < 1.29 is 33.3 Å². The van der Waals surface area contributed by atoms with Crippen LogP contribution >= 0.6 is 0 Å². The topological polar surface area (TPSA) is 97.3 Å². The fourth-order valence-electron chi connectivity index (χ4n) is 4.00. The summed E-state index contributed by atoms with van der Waals surface area (Å²) in [6.07, 6.45) is -0.0155. The van der Waals surface area contributed by atoms with E-state index in [-0.39, 0.29) is 24.9 Å². The van der Waals surface area contributed by atoms with Crippen molar-refractivity contribution >= 4 is 17.7 Å². The summed E-state index contributed by atoms with van der Waals surface area (Å²) in [7, 11) is 0. The average molecular weight is 553 g/mol. The van der Waals surface area contributed by atoms with E-state index in [2.05, 4.69) is 5.32 Å². The predicted octanol–water partition coefficient (Wildman–Crippen LogP) is 5.69. The van der Waals surface area contributed by atoms with Gasteiger partial charge in [-0.05, 0) is 73.4 Å². The molecule has 9 heteroatoms. The number of urea groups is 1. The summed E-state index contributed by atoms with van der Waals surface area (Å²) in [5, 5.41) is 12.2. The molecule has 40 heavy (non-hydrogen) atoms. The highest BCUT2D eigenvalue weighted by atomic mass is 19.1. The third-order valence-corrected chi connectivity index (χ3v) is 6.07. The molecule has 3 aromatic carbocycles. The molecule has 1 unspecified atom stereocenters. The molecule has 1 atom stereocenters. The Kier molecular flexibility index (Phi) is 12.4. The number of carboxylic acids is 1. The molecule has 214 valence electrons. The molecule has 0 saturated carbocycles. The summed E-state index contributed by atoms with van der Waals surface area (Å²) < 4.78 is 29.9. The number of hydrogen-bond donors (Lipinski definition) is 2. The van der Waals surface area contributed by atoms with Gasteiger partial charge in [-0.25, -0.2) is 14.0 Å². The molecule has 0 fully saturated rings. The number of carbonyl (C=O) groups excluding carboxylic acids is 1. The Morgan fingerprint density at radius 2 is 1.70 bits per heavy atom. The first-order chi connectivity index (χ1) is 19.3. The zero-order valence-electron chi connectivity index (χ0n) is 23.0. The van der Waals surface area contributed by atoms with Crippen molar-refractivity contribution in [2.24, 2.45) is 0 Å². The number of halogens is 1. The quantitative estimate of drug-likeness (QED) is 0.222. The van der Waals surface area contributed by atoms with E-state index in [9.17, 15) is 19.1 Å². The van der Waals surface area contributed by atoms with E-state index >= 15 is 0 Å². The third-order valence-electron chi connectivity index (χ3n) is 6.07. The summed E-state index contributed by atoms with van der Waals surface area (Å²) in [5.74, 6) is -0.661. The normalized spacial score (nSPS) is 11.6. The van der Waals surface area contributed by atoms with Crippen molar-refractivity contribution in [1.82, 2.24) is 4.90 Å². The molecule has 0 heterocycles. The van der Waals surface area contributed by atoms with Crippen LogP contribution in [-0.2, 0) is 27.3 Å². The number of aryl methyl sites for hydroxylation is 1. The maximum Gasteiger partial charge on any atom is 0.333 e. The Morgan fingerprint density at radius 3 is 2.38 bits per heavy atom. The molecule has 0 aliphatic carbocycles. The van der Waals surface area contributed by atoms with Crippen LogP contribution in [0.3, 0.4) is 0 Å². The highest BCUT2D eigenvalue weighted by Gasteiger charge is 2.18. The second kappa shape index (κ2) is 16.2. The molecular weight excluding hydrogens is 515 g/mol. The number of nitrogens with zero attached hydrogens (tertiary/aromatic N) is 1. The second-order valence-corrected chi connectivity index (χ2v) is 9.30. The van der Waals surface area contributed by atoms with Crippen LogP contribution in [0.5, 0.6) is 5.75 Å². The SMILES string of the molecule is CCOC(Cc1ccc(OCCN(CCCOCc2ccc(F)cc2)C(=O)Nc2cccc(C)c2)cc1)C(=O)O. The van der Waals surface area contributed by atoms with Crippen molar-refractivity contribution in [3.63, 3.8) is 0 Å². The predicted molar refractivity (Wildman–Crippen MR) is 151 cm³/mol. The van der Waals surface area contributed by atoms with Gasteiger partial charge in [0.25, 0.3) is 0 Å². The van der Waals surface area contributed by atoms with E-state index in [1.165, 1.54) is 12.1 Å². The van der Waals surface area contributed by atoms with Gasteiger partial charge in [0.15, 0.2) is 6.10 Å². The van der Waals surface area contributed by atoms with Crippen molar-refractivity contribution in [1.29, 1.82) is 0 Å². The first-order valence-electron chi connectivity index (χ1n) is 13.3. The van der Waals surface area contributed by atoms with Gasteiger partial charge in [0.1, 0.15) is 18.2 Å². The van der Waals surface area contributed by atoms with Crippen LogP contribution in [0.4, 0.5) is 14.9 Å². The van der Waals surface area contributed by atoms with E-state index in [1.54, 1.807) is 36.1 Å². The Balaban J connectivity index is 1.51. The van der Waals surface area contributed by atoms with Gasteiger partial charge in [-0.3, -0.25) is 0 Å². The zero-order chi connectivity index (χ0) is 28.7. The minimum atomic E-state index is -0.993. The number of carboxylic acid groups (broad SMARTS) is 1. The molecular formula is C31H37FN2O6. The minimum Gasteiger partial charge on any atom is -0.492 e. The highest BCUT2D eigenvalue weighted by Crippen LogP contribution is 2.15. The summed E-state index contributed by atoms with van der Waals surface area (Å²) in [6, 6.07) is 20.7. The number of ether oxygens (including phenoxy) is 3. The zero-order valence-corrected chi connectivity index (χ0v) is 23.0. The summed E-state index contributed by atoms with van der Waals surface area (Å²) in [6.45, 7) is 5.93. The van der Waals surface area contributed by atoms with E-state index in [0.29, 0.717) is 50.8 Å². The smallest absolute Gasteiger partial charge is 0.333 e. The Bertz CT molecular complexity index is 1200. The monoisotopic (exact) mass is 552 g/mol. The molecule has 2 N–H and O–H groups in total. The standard InChI is InChI=1S/C31H37FN2O6/c1-3-39-29(30(35)36)21-24-10-14-28(15-11-24)40-19-17-34(31(37)33-27-7-4-6-23(2)20-27)16-5-18-38-22-25-8-12-26(32)13-9-25/h4,6-15,20,29H,3,5,16-19,21-22H2,1-2H3,(H,33,37)(H,35,36). The summed E-state index contributed by atoms with van der Waals surface area (Å²) in [5.41, 5.74) is 3.46. The first-order valence-corrected chi connectivity index (χ1v) is 13.3. The van der Waals surface area contributed by atoms with Gasteiger partial charge < -0.3 is 29.5 Å². The number of rotatable bonds is 16. The Hall–Kier alpha value is -3.95. The van der Waals surface area contributed by atoms with Crippen LogP contribution in [0.1, 0.15) is 30.0 Å². The lowest BCUT2D eigenvalue weighted by atomic mass is 10.1. The number of hydrogen-bond acceptors (Lipinski definition) is 5. The molecule has 0 bridgehead atoms. The lowest BCUT2D eigenvalue weighted by Gasteiger charge is -2.23. The number of nitrogens with one attached hydrogen (secondary N) is 1. The van der Waals surface area contributed by atoms with Crippen LogP contribution in [-0.4, -0.2) is 61.0 Å².